The lowest BCUT2D eigenvalue weighted by atomic mass is 9.96. The highest BCUT2D eigenvalue weighted by Gasteiger charge is 2.27. The Morgan fingerprint density at radius 2 is 2.00 bits per heavy atom. The lowest BCUT2D eigenvalue weighted by molar-refractivity contribution is -0.148. The van der Waals surface area contributed by atoms with E-state index in [9.17, 15) is 9.59 Å². The minimum Gasteiger partial charge on any atom is -0.469 e. The topological polar surface area (TPSA) is 89.7 Å². The van der Waals surface area contributed by atoms with Gasteiger partial charge in [0.05, 0.1) is 13.0 Å². The number of rotatable bonds is 4. The third-order valence-corrected chi connectivity index (χ3v) is 4.96. The van der Waals surface area contributed by atoms with Crippen LogP contribution in [-0.4, -0.2) is 56.6 Å². The molecule has 8 heteroatoms. The van der Waals surface area contributed by atoms with Gasteiger partial charge in [-0.3, -0.25) is 9.59 Å². The predicted octanol–water partition coefficient (Wildman–Crippen LogP) is 1.09. The number of methoxy groups -OCH3 is 1. The van der Waals surface area contributed by atoms with Crippen molar-refractivity contribution in [1.29, 1.82) is 0 Å². The molecule has 25 heavy (non-hydrogen) atoms. The molecule has 2 aromatic rings. The van der Waals surface area contributed by atoms with Crippen LogP contribution in [0.25, 0.3) is 5.78 Å². The van der Waals surface area contributed by atoms with Gasteiger partial charge >= 0.3 is 5.97 Å². The minimum absolute atomic E-state index is 0.0857. The first kappa shape index (κ1) is 17.3. The summed E-state index contributed by atoms with van der Waals surface area (Å²) in [5.74, 6) is 0.429. The molecule has 134 valence electrons. The second-order valence-electron chi connectivity index (χ2n) is 6.41. The van der Waals surface area contributed by atoms with Crippen LogP contribution in [0.15, 0.2) is 6.33 Å². The number of aryl methyl sites for hydroxylation is 2. The summed E-state index contributed by atoms with van der Waals surface area (Å²) in [6.07, 6.45) is 3.86. The molecule has 0 aliphatic carbocycles. The molecule has 0 N–H and O–H groups in total. The predicted molar refractivity (Wildman–Crippen MR) is 89.9 cm³/mol. The molecule has 1 amide bonds. The van der Waals surface area contributed by atoms with Gasteiger partial charge in [-0.1, -0.05) is 0 Å². The lowest BCUT2D eigenvalue weighted by Crippen LogP contribution is -2.40. The highest BCUT2D eigenvalue weighted by molar-refractivity contribution is 5.77. The third-order valence-electron chi connectivity index (χ3n) is 4.96. The van der Waals surface area contributed by atoms with Gasteiger partial charge in [0.15, 0.2) is 0 Å². The maximum Gasteiger partial charge on any atom is 0.308 e. The van der Waals surface area contributed by atoms with E-state index in [1.807, 2.05) is 18.7 Å². The van der Waals surface area contributed by atoms with Gasteiger partial charge in [0, 0.05) is 30.9 Å². The number of likely N-dealkylation sites (tertiary alicyclic amines) is 1. The average molecular weight is 345 g/mol. The van der Waals surface area contributed by atoms with Crippen molar-refractivity contribution >= 4 is 17.7 Å². The summed E-state index contributed by atoms with van der Waals surface area (Å²) in [6.45, 7) is 5.12. The van der Waals surface area contributed by atoms with Crippen molar-refractivity contribution in [1.82, 2.24) is 24.5 Å². The fourth-order valence-corrected chi connectivity index (χ4v) is 3.44. The van der Waals surface area contributed by atoms with Gasteiger partial charge < -0.3 is 9.64 Å². The van der Waals surface area contributed by atoms with Crippen molar-refractivity contribution < 1.29 is 14.3 Å². The Morgan fingerprint density at radius 1 is 1.28 bits per heavy atom. The van der Waals surface area contributed by atoms with E-state index in [2.05, 4.69) is 15.1 Å². The van der Waals surface area contributed by atoms with E-state index in [4.69, 9.17) is 4.74 Å². The Labute approximate surface area is 146 Å². The number of piperidine rings is 1. The second kappa shape index (κ2) is 7.16. The molecule has 1 fully saturated rings. The molecule has 0 aromatic carbocycles. The fourth-order valence-electron chi connectivity index (χ4n) is 3.44. The summed E-state index contributed by atoms with van der Waals surface area (Å²) in [7, 11) is 1.41. The Morgan fingerprint density at radius 3 is 2.68 bits per heavy atom. The summed E-state index contributed by atoms with van der Waals surface area (Å²) in [6, 6.07) is 0. The smallest absolute Gasteiger partial charge is 0.308 e. The van der Waals surface area contributed by atoms with Crippen LogP contribution in [0.5, 0.6) is 0 Å². The number of carbonyl (C=O) groups excluding carboxylic acids is 2. The zero-order valence-corrected chi connectivity index (χ0v) is 14.9. The van der Waals surface area contributed by atoms with E-state index in [1.165, 1.54) is 13.4 Å². The molecule has 0 atom stereocenters. The molecule has 0 spiro atoms. The Hall–Kier alpha value is -2.51. The molecule has 0 unspecified atom stereocenters. The second-order valence-corrected chi connectivity index (χ2v) is 6.41. The number of aromatic nitrogens is 4. The van der Waals surface area contributed by atoms with Gasteiger partial charge in [0.1, 0.15) is 6.33 Å². The number of carbonyl (C=O) groups is 2. The molecule has 3 heterocycles. The normalized spacial score (nSPS) is 15.6. The molecule has 0 saturated carbocycles. The summed E-state index contributed by atoms with van der Waals surface area (Å²) in [5, 5.41) is 4.17. The highest BCUT2D eigenvalue weighted by atomic mass is 16.5. The quantitative estimate of drug-likeness (QED) is 0.771. The van der Waals surface area contributed by atoms with Crippen LogP contribution < -0.4 is 0 Å². The maximum atomic E-state index is 12.5. The van der Waals surface area contributed by atoms with Crippen LogP contribution in [0.1, 0.15) is 36.2 Å². The zero-order chi connectivity index (χ0) is 18.0. The zero-order valence-electron chi connectivity index (χ0n) is 14.9. The standard InChI is InChI=1S/C17H23N5O3/c1-11-14(12(2)22-17(20-11)18-10-19-22)4-5-15(23)21-8-6-13(7-9-21)16(24)25-3/h10,13H,4-9H2,1-3H3. The molecule has 1 aliphatic rings. The Bertz CT molecular complexity index is 793. The van der Waals surface area contributed by atoms with E-state index >= 15 is 0 Å². The molecule has 1 saturated heterocycles. The molecular formula is C17H23N5O3. The fraction of sp³-hybridized carbons (Fsp3) is 0.588. The van der Waals surface area contributed by atoms with Crippen LogP contribution in [0.4, 0.5) is 0 Å². The Kier molecular flexibility index (Phi) is 4.96. The van der Waals surface area contributed by atoms with Crippen molar-refractivity contribution in [3.63, 3.8) is 0 Å². The number of fused-ring (bicyclic) bond motifs is 1. The summed E-state index contributed by atoms with van der Waals surface area (Å²) in [5.41, 5.74) is 2.89. The van der Waals surface area contributed by atoms with E-state index < -0.39 is 0 Å². The minimum atomic E-state index is -0.175. The van der Waals surface area contributed by atoms with Crippen LogP contribution in [0, 0.1) is 19.8 Å². The van der Waals surface area contributed by atoms with E-state index in [0.717, 1.165) is 17.0 Å². The molecule has 8 nitrogen and oxygen atoms in total. The van der Waals surface area contributed by atoms with Crippen molar-refractivity contribution in [2.45, 2.75) is 39.5 Å². The Balaban J connectivity index is 1.61. The lowest BCUT2D eigenvalue weighted by Gasteiger charge is -2.30. The highest BCUT2D eigenvalue weighted by Crippen LogP contribution is 2.20. The van der Waals surface area contributed by atoms with Crippen LogP contribution >= 0.6 is 0 Å². The van der Waals surface area contributed by atoms with E-state index in [0.29, 0.717) is 44.6 Å². The van der Waals surface area contributed by atoms with Gasteiger partial charge in [-0.05, 0) is 38.7 Å². The number of nitrogens with zero attached hydrogens (tertiary/aromatic N) is 5. The van der Waals surface area contributed by atoms with E-state index in [1.54, 1.807) is 4.52 Å². The van der Waals surface area contributed by atoms with Gasteiger partial charge in [-0.2, -0.15) is 10.1 Å². The van der Waals surface area contributed by atoms with Crippen molar-refractivity contribution in [3.8, 4) is 0 Å². The van der Waals surface area contributed by atoms with Crippen LogP contribution in [0.3, 0.4) is 0 Å². The molecular weight excluding hydrogens is 322 g/mol. The van der Waals surface area contributed by atoms with Crippen molar-refractivity contribution in [2.24, 2.45) is 5.92 Å². The summed E-state index contributed by atoms with van der Waals surface area (Å²) >= 11 is 0. The van der Waals surface area contributed by atoms with E-state index in [-0.39, 0.29) is 17.8 Å². The molecule has 0 radical (unpaired) electrons. The molecule has 3 rings (SSSR count). The summed E-state index contributed by atoms with van der Waals surface area (Å²) in [4.78, 5) is 34.5. The maximum absolute atomic E-state index is 12.5. The first-order valence-electron chi connectivity index (χ1n) is 8.52. The first-order valence-corrected chi connectivity index (χ1v) is 8.52. The van der Waals surface area contributed by atoms with Crippen LogP contribution in [0.2, 0.25) is 0 Å². The third kappa shape index (κ3) is 3.47. The number of amides is 1. The number of hydrogen-bond acceptors (Lipinski definition) is 6. The molecule has 1 aliphatic heterocycles. The molecule has 0 bridgehead atoms. The van der Waals surface area contributed by atoms with Gasteiger partial charge in [-0.25, -0.2) is 9.50 Å². The first-order chi connectivity index (χ1) is 12.0. The number of ether oxygens (including phenoxy) is 1. The average Bonchev–Trinajstić information content (AvgIpc) is 3.09. The van der Waals surface area contributed by atoms with Gasteiger partial charge in [0.2, 0.25) is 5.91 Å². The summed E-state index contributed by atoms with van der Waals surface area (Å²) < 4.78 is 6.49. The SMILES string of the molecule is COC(=O)C1CCN(C(=O)CCc2c(C)nc3ncnn3c2C)CC1. The van der Waals surface area contributed by atoms with Gasteiger partial charge in [0.25, 0.3) is 5.78 Å². The van der Waals surface area contributed by atoms with Gasteiger partial charge in [-0.15, -0.1) is 0 Å². The van der Waals surface area contributed by atoms with Crippen molar-refractivity contribution in [3.05, 3.63) is 23.3 Å². The number of esters is 1. The number of hydrogen-bond donors (Lipinski definition) is 0. The van der Waals surface area contributed by atoms with Crippen molar-refractivity contribution in [2.75, 3.05) is 20.2 Å². The molecule has 2 aromatic heterocycles. The van der Waals surface area contributed by atoms with Crippen LogP contribution in [-0.2, 0) is 20.7 Å². The largest absolute Gasteiger partial charge is 0.469 e. The monoisotopic (exact) mass is 345 g/mol.